The van der Waals surface area contributed by atoms with Crippen LogP contribution in [-0.2, 0) is 9.59 Å². The molecule has 1 heterocycles. The second-order valence-electron chi connectivity index (χ2n) is 4.18. The number of imide groups is 1. The van der Waals surface area contributed by atoms with E-state index in [1.165, 1.54) is 0 Å². The van der Waals surface area contributed by atoms with Gasteiger partial charge in [-0.15, -0.1) is 0 Å². The number of hydrogen-bond donors (Lipinski definition) is 1. The van der Waals surface area contributed by atoms with E-state index in [1.54, 1.807) is 6.07 Å². The summed E-state index contributed by atoms with van der Waals surface area (Å²) < 4.78 is 0.880. The zero-order valence-electron chi connectivity index (χ0n) is 9.17. The molecule has 1 aromatic rings. The fraction of sp³-hybridized carbons (Fsp3) is 0.333. The Hall–Kier alpha value is -0.870. The highest BCUT2D eigenvalue weighted by Gasteiger charge is 2.34. The van der Waals surface area contributed by atoms with Crippen LogP contribution in [0.15, 0.2) is 22.7 Å². The van der Waals surface area contributed by atoms with E-state index in [9.17, 15) is 9.59 Å². The lowest BCUT2D eigenvalue weighted by Gasteiger charge is -2.28. The number of rotatable bonds is 1. The third-order valence-corrected chi connectivity index (χ3v) is 3.87. The maximum Gasteiger partial charge on any atom is 0.230 e. The van der Waals surface area contributed by atoms with Crippen molar-refractivity contribution in [2.75, 3.05) is 0 Å². The minimum Gasteiger partial charge on any atom is -0.296 e. The number of carbonyl (C=O) groups is 2. The summed E-state index contributed by atoms with van der Waals surface area (Å²) in [6.07, 6.45) is 0.300. The highest BCUT2D eigenvalue weighted by molar-refractivity contribution is 9.10. The van der Waals surface area contributed by atoms with E-state index in [0.29, 0.717) is 11.4 Å². The summed E-state index contributed by atoms with van der Waals surface area (Å²) >= 11 is 9.48. The van der Waals surface area contributed by atoms with Crippen LogP contribution in [0.5, 0.6) is 0 Å². The highest BCUT2D eigenvalue weighted by atomic mass is 79.9. The van der Waals surface area contributed by atoms with E-state index in [-0.39, 0.29) is 23.7 Å². The molecule has 1 N–H and O–H groups in total. The molecular weight excluding hydrogens is 305 g/mol. The van der Waals surface area contributed by atoms with E-state index in [1.807, 2.05) is 19.1 Å². The number of amides is 2. The topological polar surface area (TPSA) is 46.2 Å². The van der Waals surface area contributed by atoms with E-state index < -0.39 is 0 Å². The van der Waals surface area contributed by atoms with Crippen LogP contribution in [0.1, 0.15) is 24.8 Å². The van der Waals surface area contributed by atoms with Crippen molar-refractivity contribution in [2.45, 2.75) is 19.3 Å². The molecule has 0 aliphatic carbocycles. The molecule has 2 amide bonds. The van der Waals surface area contributed by atoms with Gasteiger partial charge in [0.15, 0.2) is 0 Å². The molecular formula is C12H11BrClNO2. The quantitative estimate of drug-likeness (QED) is 0.810. The van der Waals surface area contributed by atoms with E-state index in [0.717, 1.165) is 10.0 Å². The fourth-order valence-corrected chi connectivity index (χ4v) is 2.86. The molecule has 1 saturated heterocycles. The molecule has 1 aliphatic rings. The van der Waals surface area contributed by atoms with Crippen molar-refractivity contribution in [1.82, 2.24) is 5.32 Å². The first-order valence-electron chi connectivity index (χ1n) is 5.27. The van der Waals surface area contributed by atoms with Gasteiger partial charge in [-0.25, -0.2) is 0 Å². The van der Waals surface area contributed by atoms with Gasteiger partial charge in [0, 0.05) is 27.8 Å². The SMILES string of the molecule is CC1C(=O)NC(=O)CC1c1ccc(Br)cc1Cl. The second kappa shape index (κ2) is 4.78. The van der Waals surface area contributed by atoms with Crippen molar-refractivity contribution in [3.8, 4) is 0 Å². The Bertz CT molecular complexity index is 489. The van der Waals surface area contributed by atoms with Crippen LogP contribution in [0.2, 0.25) is 5.02 Å². The Labute approximate surface area is 113 Å². The van der Waals surface area contributed by atoms with Crippen LogP contribution >= 0.6 is 27.5 Å². The maximum atomic E-state index is 11.6. The molecule has 3 nitrogen and oxygen atoms in total. The van der Waals surface area contributed by atoms with Gasteiger partial charge in [0.25, 0.3) is 0 Å². The lowest BCUT2D eigenvalue weighted by molar-refractivity contribution is -0.136. The fourth-order valence-electron chi connectivity index (χ4n) is 2.04. The van der Waals surface area contributed by atoms with E-state index in [2.05, 4.69) is 21.2 Å². The van der Waals surface area contributed by atoms with Crippen LogP contribution in [-0.4, -0.2) is 11.8 Å². The smallest absolute Gasteiger partial charge is 0.230 e. The molecule has 2 atom stereocenters. The summed E-state index contributed by atoms with van der Waals surface area (Å²) in [5, 5.41) is 2.91. The standard InChI is InChI=1S/C12H11BrClNO2/c1-6-9(5-11(16)15-12(6)17)8-3-2-7(13)4-10(8)14/h2-4,6,9H,5H2,1H3,(H,15,16,17). The van der Waals surface area contributed by atoms with Crippen molar-refractivity contribution >= 4 is 39.3 Å². The molecule has 90 valence electrons. The van der Waals surface area contributed by atoms with Gasteiger partial charge in [0.2, 0.25) is 11.8 Å². The van der Waals surface area contributed by atoms with Crippen LogP contribution in [0, 0.1) is 5.92 Å². The van der Waals surface area contributed by atoms with Crippen LogP contribution in [0.25, 0.3) is 0 Å². The van der Waals surface area contributed by atoms with Gasteiger partial charge in [0.05, 0.1) is 0 Å². The second-order valence-corrected chi connectivity index (χ2v) is 5.50. The van der Waals surface area contributed by atoms with Crippen molar-refractivity contribution in [2.24, 2.45) is 5.92 Å². The Morgan fingerprint density at radius 1 is 1.41 bits per heavy atom. The minimum absolute atomic E-state index is 0.142. The monoisotopic (exact) mass is 315 g/mol. The normalized spacial score (nSPS) is 24.6. The molecule has 2 unspecified atom stereocenters. The zero-order valence-corrected chi connectivity index (χ0v) is 11.5. The van der Waals surface area contributed by atoms with Gasteiger partial charge in [-0.05, 0) is 17.7 Å². The highest BCUT2D eigenvalue weighted by Crippen LogP contribution is 2.36. The first kappa shape index (κ1) is 12.6. The first-order chi connectivity index (χ1) is 7.99. The van der Waals surface area contributed by atoms with Gasteiger partial charge in [-0.3, -0.25) is 14.9 Å². The number of piperidine rings is 1. The summed E-state index contributed by atoms with van der Waals surface area (Å²) in [7, 11) is 0. The summed E-state index contributed by atoms with van der Waals surface area (Å²) in [5.74, 6) is -0.856. The largest absolute Gasteiger partial charge is 0.296 e. The van der Waals surface area contributed by atoms with Crippen molar-refractivity contribution in [3.63, 3.8) is 0 Å². The third-order valence-electron chi connectivity index (χ3n) is 3.05. The van der Waals surface area contributed by atoms with Gasteiger partial charge in [-0.1, -0.05) is 40.5 Å². The first-order valence-corrected chi connectivity index (χ1v) is 6.45. The molecule has 17 heavy (non-hydrogen) atoms. The Morgan fingerprint density at radius 2 is 2.12 bits per heavy atom. The molecule has 1 fully saturated rings. The molecule has 0 bridgehead atoms. The van der Waals surface area contributed by atoms with Gasteiger partial charge in [0.1, 0.15) is 0 Å². The molecule has 1 aromatic carbocycles. The zero-order chi connectivity index (χ0) is 12.6. The lowest BCUT2D eigenvalue weighted by Crippen LogP contribution is -2.43. The number of nitrogens with one attached hydrogen (secondary N) is 1. The summed E-state index contributed by atoms with van der Waals surface area (Å²) in [6, 6.07) is 5.50. The maximum absolute atomic E-state index is 11.6. The predicted molar refractivity (Wildman–Crippen MR) is 68.8 cm³/mol. The molecule has 2 rings (SSSR count). The van der Waals surface area contributed by atoms with Gasteiger partial charge >= 0.3 is 0 Å². The molecule has 5 heteroatoms. The van der Waals surface area contributed by atoms with Crippen molar-refractivity contribution in [1.29, 1.82) is 0 Å². The van der Waals surface area contributed by atoms with Crippen LogP contribution < -0.4 is 5.32 Å². The summed E-state index contributed by atoms with van der Waals surface area (Å²) in [4.78, 5) is 23.0. The minimum atomic E-state index is -0.244. The van der Waals surface area contributed by atoms with Crippen molar-refractivity contribution < 1.29 is 9.59 Å². The predicted octanol–water partition coefficient (Wildman–Crippen LogP) is 2.87. The molecule has 0 spiro atoms. The average molecular weight is 317 g/mol. The summed E-state index contributed by atoms with van der Waals surface area (Å²) in [6.45, 7) is 1.81. The van der Waals surface area contributed by atoms with E-state index >= 15 is 0 Å². The van der Waals surface area contributed by atoms with Gasteiger partial charge < -0.3 is 0 Å². The molecule has 0 aromatic heterocycles. The van der Waals surface area contributed by atoms with E-state index in [4.69, 9.17) is 11.6 Å². The van der Waals surface area contributed by atoms with Crippen LogP contribution in [0.4, 0.5) is 0 Å². The lowest BCUT2D eigenvalue weighted by atomic mass is 9.81. The Morgan fingerprint density at radius 3 is 2.76 bits per heavy atom. The number of hydrogen-bond acceptors (Lipinski definition) is 2. The van der Waals surface area contributed by atoms with Crippen molar-refractivity contribution in [3.05, 3.63) is 33.3 Å². The molecule has 1 aliphatic heterocycles. The Kier molecular flexibility index (Phi) is 3.54. The molecule has 0 radical (unpaired) electrons. The summed E-state index contributed by atoms with van der Waals surface area (Å²) in [5.41, 5.74) is 0.852. The Balaban J connectivity index is 2.37. The van der Waals surface area contributed by atoms with Crippen LogP contribution in [0.3, 0.4) is 0 Å². The number of benzene rings is 1. The number of halogens is 2. The number of carbonyl (C=O) groups excluding carboxylic acids is 2. The molecule has 0 saturated carbocycles. The van der Waals surface area contributed by atoms with Gasteiger partial charge in [-0.2, -0.15) is 0 Å². The average Bonchev–Trinajstić information content (AvgIpc) is 2.24. The third kappa shape index (κ3) is 2.53.